The lowest BCUT2D eigenvalue weighted by Gasteiger charge is -2.49. The molecule has 98 valence electrons. The molecule has 0 aromatic heterocycles. The lowest BCUT2D eigenvalue weighted by molar-refractivity contribution is -0.151. The Kier molecular flexibility index (Phi) is 3.79. The van der Waals surface area contributed by atoms with Gasteiger partial charge in [-0.1, -0.05) is 27.7 Å². The van der Waals surface area contributed by atoms with E-state index in [9.17, 15) is 4.79 Å². The van der Waals surface area contributed by atoms with Gasteiger partial charge in [0.1, 0.15) is 0 Å². The molecule has 0 bridgehead atoms. The van der Waals surface area contributed by atoms with Crippen LogP contribution >= 0.6 is 0 Å². The van der Waals surface area contributed by atoms with Gasteiger partial charge in [-0.05, 0) is 43.9 Å². The fourth-order valence-corrected chi connectivity index (χ4v) is 3.70. The molecule has 2 nitrogen and oxygen atoms in total. The number of fused-ring (bicyclic) bond motifs is 1. The lowest BCUT2D eigenvalue weighted by Crippen LogP contribution is -2.57. The van der Waals surface area contributed by atoms with Crippen LogP contribution in [-0.4, -0.2) is 22.9 Å². The summed E-state index contributed by atoms with van der Waals surface area (Å²) in [4.78, 5) is 14.9. The van der Waals surface area contributed by atoms with Gasteiger partial charge in [0.25, 0.3) is 0 Å². The molecule has 0 aromatic carbocycles. The zero-order valence-corrected chi connectivity index (χ0v) is 11.8. The van der Waals surface area contributed by atoms with Gasteiger partial charge in [0.05, 0.1) is 0 Å². The smallest absolute Gasteiger partial charge is 0.226 e. The monoisotopic (exact) mass is 237 g/mol. The predicted molar refractivity (Wildman–Crippen MR) is 70.7 cm³/mol. The molecule has 2 aliphatic rings. The standard InChI is InChI=1S/C15H27NO/c1-10(2)13-9-8-12-6-5-7-14(11(3)4)16(12)15(13)17/h10-14H,5-9H2,1-4H3/t12-,13-,14+/m1/s1. The second-order valence-corrected chi connectivity index (χ2v) is 6.57. The van der Waals surface area contributed by atoms with Crippen molar-refractivity contribution in [3.8, 4) is 0 Å². The second-order valence-electron chi connectivity index (χ2n) is 6.57. The number of hydrogen-bond donors (Lipinski definition) is 0. The van der Waals surface area contributed by atoms with Crippen molar-refractivity contribution in [1.29, 1.82) is 0 Å². The first-order chi connectivity index (χ1) is 8.02. The summed E-state index contributed by atoms with van der Waals surface area (Å²) in [6.07, 6.45) is 6.11. The Morgan fingerprint density at radius 1 is 1.00 bits per heavy atom. The Morgan fingerprint density at radius 3 is 2.29 bits per heavy atom. The minimum absolute atomic E-state index is 0.283. The molecule has 2 heteroatoms. The molecule has 2 heterocycles. The Hall–Kier alpha value is -0.530. The Balaban J connectivity index is 2.18. The summed E-state index contributed by atoms with van der Waals surface area (Å²) < 4.78 is 0. The van der Waals surface area contributed by atoms with Crippen molar-refractivity contribution in [2.75, 3.05) is 0 Å². The zero-order chi connectivity index (χ0) is 12.6. The molecule has 2 fully saturated rings. The van der Waals surface area contributed by atoms with Crippen molar-refractivity contribution in [3.05, 3.63) is 0 Å². The summed E-state index contributed by atoms with van der Waals surface area (Å²) in [6.45, 7) is 8.91. The molecule has 0 spiro atoms. The van der Waals surface area contributed by atoms with E-state index in [0.29, 0.717) is 29.8 Å². The molecule has 3 atom stereocenters. The largest absolute Gasteiger partial charge is 0.336 e. The number of carbonyl (C=O) groups is 1. The molecule has 2 aliphatic heterocycles. The Bertz CT molecular complexity index is 285. The van der Waals surface area contributed by atoms with Crippen molar-refractivity contribution in [1.82, 2.24) is 4.90 Å². The number of piperidine rings is 2. The average molecular weight is 237 g/mol. The molecule has 1 amide bonds. The highest BCUT2D eigenvalue weighted by Gasteiger charge is 2.42. The third kappa shape index (κ3) is 2.36. The average Bonchev–Trinajstić information content (AvgIpc) is 2.28. The molecular weight excluding hydrogens is 210 g/mol. The molecule has 0 aliphatic carbocycles. The van der Waals surface area contributed by atoms with E-state index >= 15 is 0 Å². The van der Waals surface area contributed by atoms with E-state index in [4.69, 9.17) is 0 Å². The summed E-state index contributed by atoms with van der Waals surface area (Å²) in [5.41, 5.74) is 0. The van der Waals surface area contributed by atoms with Gasteiger partial charge in [-0.2, -0.15) is 0 Å². The maximum Gasteiger partial charge on any atom is 0.226 e. The second kappa shape index (κ2) is 4.99. The van der Waals surface area contributed by atoms with E-state index in [1.807, 2.05) is 0 Å². The molecule has 17 heavy (non-hydrogen) atoms. The number of carbonyl (C=O) groups excluding carboxylic acids is 1. The van der Waals surface area contributed by atoms with Crippen LogP contribution in [0.1, 0.15) is 59.8 Å². The molecule has 2 rings (SSSR count). The summed E-state index contributed by atoms with van der Waals surface area (Å²) in [5, 5.41) is 0. The van der Waals surface area contributed by atoms with E-state index in [0.717, 1.165) is 6.42 Å². The zero-order valence-electron chi connectivity index (χ0n) is 11.8. The van der Waals surface area contributed by atoms with Crippen molar-refractivity contribution in [3.63, 3.8) is 0 Å². The minimum atomic E-state index is 0.283. The minimum Gasteiger partial charge on any atom is -0.336 e. The van der Waals surface area contributed by atoms with Gasteiger partial charge < -0.3 is 4.90 Å². The molecular formula is C15H27NO. The maximum absolute atomic E-state index is 12.6. The first kappa shape index (κ1) is 12.9. The number of amides is 1. The molecule has 2 saturated heterocycles. The van der Waals surface area contributed by atoms with E-state index in [-0.39, 0.29) is 5.92 Å². The fourth-order valence-electron chi connectivity index (χ4n) is 3.70. The molecule has 0 N–H and O–H groups in total. The quantitative estimate of drug-likeness (QED) is 0.720. The summed E-state index contributed by atoms with van der Waals surface area (Å²) >= 11 is 0. The lowest BCUT2D eigenvalue weighted by atomic mass is 9.78. The van der Waals surface area contributed by atoms with E-state index < -0.39 is 0 Å². The van der Waals surface area contributed by atoms with E-state index in [1.165, 1.54) is 25.7 Å². The van der Waals surface area contributed by atoms with Crippen LogP contribution in [0.5, 0.6) is 0 Å². The van der Waals surface area contributed by atoms with E-state index in [2.05, 4.69) is 32.6 Å². The van der Waals surface area contributed by atoms with Crippen LogP contribution in [0.2, 0.25) is 0 Å². The van der Waals surface area contributed by atoms with Crippen LogP contribution < -0.4 is 0 Å². The SMILES string of the molecule is CC(C)[C@H]1CC[C@H]2CCC[C@@H](C(C)C)N2C1=O. The van der Waals surface area contributed by atoms with Gasteiger partial charge in [0.2, 0.25) is 5.91 Å². The van der Waals surface area contributed by atoms with Crippen LogP contribution in [0.4, 0.5) is 0 Å². The van der Waals surface area contributed by atoms with Crippen molar-refractivity contribution in [2.24, 2.45) is 17.8 Å². The van der Waals surface area contributed by atoms with Crippen molar-refractivity contribution >= 4 is 5.91 Å². The Labute approximate surface area is 106 Å². The summed E-state index contributed by atoms with van der Waals surface area (Å²) in [7, 11) is 0. The van der Waals surface area contributed by atoms with Gasteiger partial charge in [-0.15, -0.1) is 0 Å². The van der Waals surface area contributed by atoms with Crippen LogP contribution in [-0.2, 0) is 4.79 Å². The number of nitrogens with zero attached hydrogens (tertiary/aromatic N) is 1. The summed E-state index contributed by atoms with van der Waals surface area (Å²) in [6, 6.07) is 1.06. The van der Waals surface area contributed by atoms with Gasteiger partial charge in [0, 0.05) is 18.0 Å². The molecule has 0 unspecified atom stereocenters. The predicted octanol–water partition coefficient (Wildman–Crippen LogP) is 3.46. The van der Waals surface area contributed by atoms with Crippen LogP contribution in [0, 0.1) is 17.8 Å². The number of rotatable bonds is 2. The van der Waals surface area contributed by atoms with Crippen LogP contribution in [0.3, 0.4) is 0 Å². The van der Waals surface area contributed by atoms with Crippen molar-refractivity contribution in [2.45, 2.75) is 71.9 Å². The van der Waals surface area contributed by atoms with Gasteiger partial charge in [-0.25, -0.2) is 0 Å². The maximum atomic E-state index is 12.6. The van der Waals surface area contributed by atoms with Crippen LogP contribution in [0.15, 0.2) is 0 Å². The topological polar surface area (TPSA) is 20.3 Å². The van der Waals surface area contributed by atoms with E-state index in [1.54, 1.807) is 0 Å². The fraction of sp³-hybridized carbons (Fsp3) is 0.933. The molecule has 0 saturated carbocycles. The van der Waals surface area contributed by atoms with Gasteiger partial charge in [-0.3, -0.25) is 4.79 Å². The molecule has 0 radical (unpaired) electrons. The normalized spacial score (nSPS) is 34.4. The Morgan fingerprint density at radius 2 is 1.71 bits per heavy atom. The molecule has 0 aromatic rings. The third-order valence-corrected chi connectivity index (χ3v) is 4.74. The first-order valence-corrected chi connectivity index (χ1v) is 7.34. The van der Waals surface area contributed by atoms with Crippen molar-refractivity contribution < 1.29 is 4.79 Å². The van der Waals surface area contributed by atoms with Gasteiger partial charge in [0.15, 0.2) is 0 Å². The summed E-state index contributed by atoms with van der Waals surface area (Å²) in [5.74, 6) is 1.84. The highest BCUT2D eigenvalue weighted by atomic mass is 16.2. The van der Waals surface area contributed by atoms with Gasteiger partial charge >= 0.3 is 0 Å². The highest BCUT2D eigenvalue weighted by Crippen LogP contribution is 2.37. The highest BCUT2D eigenvalue weighted by molar-refractivity contribution is 5.80. The first-order valence-electron chi connectivity index (χ1n) is 7.34. The third-order valence-electron chi connectivity index (χ3n) is 4.74. The number of hydrogen-bond acceptors (Lipinski definition) is 1. The van der Waals surface area contributed by atoms with Crippen LogP contribution in [0.25, 0.3) is 0 Å².